The molecule has 1 saturated heterocycles. The van der Waals surface area contributed by atoms with Crippen molar-refractivity contribution in [3.8, 4) is 11.1 Å². The molecule has 0 radical (unpaired) electrons. The van der Waals surface area contributed by atoms with Crippen molar-refractivity contribution >= 4 is 15.8 Å². The number of hydrogen-bond acceptors (Lipinski definition) is 4. The van der Waals surface area contributed by atoms with Crippen LogP contribution in [-0.2, 0) is 22.7 Å². The number of hydrogen-bond donors (Lipinski definition) is 0. The van der Waals surface area contributed by atoms with Crippen molar-refractivity contribution in [1.82, 2.24) is 8.87 Å². The highest BCUT2D eigenvalue weighted by Gasteiger charge is 2.33. The minimum Gasteiger partial charge on any atom is -0.306 e. The highest BCUT2D eigenvalue weighted by Crippen LogP contribution is 2.36. The van der Waals surface area contributed by atoms with Crippen LogP contribution in [-0.4, -0.2) is 36.2 Å². The van der Waals surface area contributed by atoms with E-state index >= 15 is 0 Å². The van der Waals surface area contributed by atoms with Crippen molar-refractivity contribution in [2.45, 2.75) is 30.5 Å². The Morgan fingerprint density at radius 3 is 2.21 bits per heavy atom. The fourth-order valence-electron chi connectivity index (χ4n) is 3.93. The maximum absolute atomic E-state index is 13.3. The molecule has 1 aliphatic rings. The zero-order valence-electron chi connectivity index (χ0n) is 18.0. The first kappa shape index (κ1) is 23.9. The number of rotatable bonds is 6. The van der Waals surface area contributed by atoms with E-state index in [9.17, 15) is 31.2 Å². The summed E-state index contributed by atoms with van der Waals surface area (Å²) >= 11 is 0. The molecule has 1 aromatic heterocycles. The van der Waals surface area contributed by atoms with Gasteiger partial charge >= 0.3 is 6.18 Å². The van der Waals surface area contributed by atoms with Gasteiger partial charge in [0.25, 0.3) is 5.56 Å². The van der Waals surface area contributed by atoms with Crippen LogP contribution in [0, 0.1) is 0 Å². The summed E-state index contributed by atoms with van der Waals surface area (Å²) in [5.74, 6) is -0.478. The molecule has 0 saturated carbocycles. The van der Waals surface area contributed by atoms with Crippen LogP contribution >= 0.6 is 0 Å². The molecule has 0 unspecified atom stereocenters. The van der Waals surface area contributed by atoms with E-state index in [1.54, 1.807) is 0 Å². The van der Waals surface area contributed by atoms with Crippen molar-refractivity contribution in [1.29, 1.82) is 0 Å². The Bertz CT molecular complexity index is 1370. The summed E-state index contributed by atoms with van der Waals surface area (Å²) < 4.78 is 67.8. The lowest BCUT2D eigenvalue weighted by Gasteiger charge is -2.16. The van der Waals surface area contributed by atoms with Crippen LogP contribution in [0.5, 0.6) is 0 Å². The van der Waals surface area contributed by atoms with Gasteiger partial charge in [0.1, 0.15) is 0 Å². The number of carbonyl (C=O) groups excluding carboxylic acids is 1. The summed E-state index contributed by atoms with van der Waals surface area (Å²) in [5, 5.41) is 0. The van der Waals surface area contributed by atoms with E-state index in [0.717, 1.165) is 35.7 Å². The minimum absolute atomic E-state index is 0.00922. The second-order valence-corrected chi connectivity index (χ2v) is 9.92. The molecule has 0 atom stereocenters. The fraction of sp³-hybridized carbons (Fsp3) is 0.250. The molecule has 0 bridgehead atoms. The van der Waals surface area contributed by atoms with Crippen molar-refractivity contribution in [2.75, 3.05) is 13.1 Å². The standard InChI is InChI=1S/C24H21F3N2O4S/c25-24(26,27)21-6-2-1-5-20(21)17-7-9-18(10-8-17)22(30)16-28-15-19(11-12-23(28)31)34(32,33)29-13-3-4-14-29/h1-2,5-12,15H,3-4,13-14,16H2. The SMILES string of the molecule is O=C(Cn1cc(S(=O)(=O)N2CCCC2)ccc1=O)c1ccc(-c2ccccc2C(F)(F)F)cc1. The van der Waals surface area contributed by atoms with E-state index in [1.165, 1.54) is 52.8 Å². The van der Waals surface area contributed by atoms with Gasteiger partial charge in [0.15, 0.2) is 5.78 Å². The lowest BCUT2D eigenvalue weighted by molar-refractivity contribution is -0.137. The summed E-state index contributed by atoms with van der Waals surface area (Å²) in [4.78, 5) is 24.9. The third-order valence-electron chi connectivity index (χ3n) is 5.72. The van der Waals surface area contributed by atoms with Crippen LogP contribution in [0.25, 0.3) is 11.1 Å². The average Bonchev–Trinajstić information content (AvgIpc) is 3.36. The van der Waals surface area contributed by atoms with Gasteiger partial charge in [0.05, 0.1) is 17.0 Å². The highest BCUT2D eigenvalue weighted by atomic mass is 32.2. The van der Waals surface area contributed by atoms with Crippen molar-refractivity contribution in [3.05, 3.63) is 88.3 Å². The molecule has 0 N–H and O–H groups in total. The number of halogens is 3. The van der Waals surface area contributed by atoms with Gasteiger partial charge in [-0.05, 0) is 36.1 Å². The van der Waals surface area contributed by atoms with E-state index in [0.29, 0.717) is 18.7 Å². The Morgan fingerprint density at radius 2 is 1.56 bits per heavy atom. The molecule has 10 heteroatoms. The fourth-order valence-corrected chi connectivity index (χ4v) is 5.46. The number of nitrogens with zero attached hydrogens (tertiary/aromatic N) is 2. The van der Waals surface area contributed by atoms with Crippen LogP contribution in [0.2, 0.25) is 0 Å². The molecular formula is C24H21F3N2O4S. The number of pyridine rings is 1. The monoisotopic (exact) mass is 490 g/mol. The van der Waals surface area contributed by atoms with Crippen molar-refractivity contribution < 1.29 is 26.4 Å². The Kier molecular flexibility index (Phi) is 6.46. The van der Waals surface area contributed by atoms with Crippen molar-refractivity contribution in [2.24, 2.45) is 0 Å². The van der Waals surface area contributed by atoms with Crippen molar-refractivity contribution in [3.63, 3.8) is 0 Å². The third kappa shape index (κ3) is 4.83. The molecule has 2 heterocycles. The van der Waals surface area contributed by atoms with Gasteiger partial charge in [-0.2, -0.15) is 17.5 Å². The summed E-state index contributed by atoms with van der Waals surface area (Å²) in [6.07, 6.45) is -1.84. The summed E-state index contributed by atoms with van der Waals surface area (Å²) in [6, 6.07) is 13.1. The Balaban J connectivity index is 1.57. The van der Waals surface area contributed by atoms with E-state index < -0.39 is 39.7 Å². The van der Waals surface area contributed by atoms with E-state index in [2.05, 4.69) is 0 Å². The summed E-state index contributed by atoms with van der Waals surface area (Å²) in [7, 11) is -3.76. The van der Waals surface area contributed by atoms with Gasteiger partial charge < -0.3 is 4.57 Å². The average molecular weight is 491 g/mol. The first-order valence-electron chi connectivity index (χ1n) is 10.6. The topological polar surface area (TPSA) is 76.5 Å². The van der Waals surface area contributed by atoms with Crippen LogP contribution in [0.1, 0.15) is 28.8 Å². The lowest BCUT2D eigenvalue weighted by Crippen LogP contribution is -2.30. The predicted molar refractivity (Wildman–Crippen MR) is 120 cm³/mol. The second kappa shape index (κ2) is 9.19. The van der Waals surface area contributed by atoms with Gasteiger partial charge in [-0.1, -0.05) is 42.5 Å². The molecular weight excluding hydrogens is 469 g/mol. The molecule has 6 nitrogen and oxygen atoms in total. The number of ketones is 1. The minimum atomic E-state index is -4.52. The summed E-state index contributed by atoms with van der Waals surface area (Å²) in [6.45, 7) is 0.412. The van der Waals surface area contributed by atoms with E-state index in [1.807, 2.05) is 0 Å². The lowest BCUT2D eigenvalue weighted by atomic mass is 9.97. The maximum atomic E-state index is 13.3. The molecule has 1 fully saturated rings. The smallest absolute Gasteiger partial charge is 0.306 e. The molecule has 0 aliphatic carbocycles. The van der Waals surface area contributed by atoms with Crippen LogP contribution < -0.4 is 5.56 Å². The quantitative estimate of drug-likeness (QED) is 0.486. The Hall–Kier alpha value is -3.24. The van der Waals surface area contributed by atoms with Gasteiger partial charge in [-0.15, -0.1) is 0 Å². The van der Waals surface area contributed by atoms with E-state index in [-0.39, 0.29) is 16.0 Å². The Morgan fingerprint density at radius 1 is 0.912 bits per heavy atom. The van der Waals surface area contributed by atoms with E-state index in [4.69, 9.17) is 0 Å². The van der Waals surface area contributed by atoms with Gasteiger partial charge in [-0.3, -0.25) is 9.59 Å². The molecule has 178 valence electrons. The zero-order chi connectivity index (χ0) is 24.5. The normalized spacial score (nSPS) is 14.9. The zero-order valence-corrected chi connectivity index (χ0v) is 18.8. The third-order valence-corrected chi connectivity index (χ3v) is 7.61. The van der Waals surface area contributed by atoms with Crippen LogP contribution in [0.4, 0.5) is 13.2 Å². The van der Waals surface area contributed by atoms with Gasteiger partial charge in [-0.25, -0.2) is 8.42 Å². The Labute approximate surface area is 194 Å². The largest absolute Gasteiger partial charge is 0.417 e. The van der Waals surface area contributed by atoms with Gasteiger partial charge in [0.2, 0.25) is 10.0 Å². The number of Topliss-reactive ketones (excluding diaryl/α,β-unsaturated/α-hetero) is 1. The molecule has 0 spiro atoms. The first-order chi connectivity index (χ1) is 16.1. The van der Waals surface area contributed by atoms with Crippen LogP contribution in [0.15, 0.2) is 76.6 Å². The van der Waals surface area contributed by atoms with Gasteiger partial charge in [0, 0.05) is 30.9 Å². The predicted octanol–water partition coefficient (Wildman–Crippen LogP) is 4.20. The molecule has 0 amide bonds. The number of carbonyl (C=O) groups is 1. The first-order valence-corrected chi connectivity index (χ1v) is 12.0. The summed E-state index contributed by atoms with van der Waals surface area (Å²) in [5.41, 5.74) is -0.848. The number of alkyl halides is 3. The molecule has 34 heavy (non-hydrogen) atoms. The highest BCUT2D eigenvalue weighted by molar-refractivity contribution is 7.89. The number of sulfonamides is 1. The molecule has 4 rings (SSSR count). The number of aromatic nitrogens is 1. The maximum Gasteiger partial charge on any atom is 0.417 e. The molecule has 3 aromatic rings. The second-order valence-electron chi connectivity index (χ2n) is 7.99. The van der Waals surface area contributed by atoms with Crippen LogP contribution in [0.3, 0.4) is 0 Å². The molecule has 2 aromatic carbocycles. The molecule has 1 aliphatic heterocycles. The number of benzene rings is 2.